The number of halogens is 1. The number of benzene rings is 2. The van der Waals surface area contributed by atoms with Gasteiger partial charge in [0.15, 0.2) is 5.78 Å². The van der Waals surface area contributed by atoms with Gasteiger partial charge in [0, 0.05) is 17.7 Å². The standard InChI is InChI=1S/C23H21FN4O/c1-13-3-5-15(6-4-13)17-11-19-21(20(29)12-17)22(16-7-9-18(24)10-8-16)28-23(26-19)25-14(2)27-28/h3-10,17,22H,11-12H2,1-2H3,(H,25,26,27)/t17-,22-/m1/s1. The predicted molar refractivity (Wildman–Crippen MR) is 108 cm³/mol. The van der Waals surface area contributed by atoms with E-state index >= 15 is 0 Å². The molecule has 1 aliphatic carbocycles. The maximum absolute atomic E-state index is 13.5. The Labute approximate surface area is 168 Å². The van der Waals surface area contributed by atoms with Crippen LogP contribution >= 0.6 is 0 Å². The highest BCUT2D eigenvalue weighted by molar-refractivity contribution is 6.00. The topological polar surface area (TPSA) is 59.8 Å². The lowest BCUT2D eigenvalue weighted by Crippen LogP contribution is -2.33. The summed E-state index contributed by atoms with van der Waals surface area (Å²) in [5.74, 6) is 1.16. The molecule has 0 spiro atoms. The molecule has 2 heterocycles. The van der Waals surface area contributed by atoms with Crippen molar-refractivity contribution >= 4 is 11.7 Å². The fourth-order valence-corrected chi connectivity index (χ4v) is 4.35. The SMILES string of the molecule is Cc1ccc([C@H]2CC(=O)C3=C(C2)Nc2nc(C)nn2[C@@H]3c2ccc(F)cc2)cc1. The van der Waals surface area contributed by atoms with Gasteiger partial charge in [0.25, 0.3) is 0 Å². The van der Waals surface area contributed by atoms with E-state index < -0.39 is 6.04 Å². The molecule has 29 heavy (non-hydrogen) atoms. The van der Waals surface area contributed by atoms with Crippen LogP contribution in [0.2, 0.25) is 0 Å². The Hall–Kier alpha value is -3.28. The Morgan fingerprint density at radius 1 is 1.00 bits per heavy atom. The van der Waals surface area contributed by atoms with Crippen LogP contribution in [0.3, 0.4) is 0 Å². The molecule has 0 unspecified atom stereocenters. The maximum atomic E-state index is 13.5. The Balaban J connectivity index is 1.60. The number of anilines is 1. The van der Waals surface area contributed by atoms with Gasteiger partial charge in [0.1, 0.15) is 17.7 Å². The zero-order chi connectivity index (χ0) is 20.1. The zero-order valence-electron chi connectivity index (χ0n) is 16.3. The number of rotatable bonds is 2. The molecule has 1 aromatic heterocycles. The molecule has 0 saturated carbocycles. The summed E-state index contributed by atoms with van der Waals surface area (Å²) in [6.07, 6.45) is 1.18. The van der Waals surface area contributed by atoms with Gasteiger partial charge in [-0.2, -0.15) is 10.1 Å². The molecule has 0 amide bonds. The van der Waals surface area contributed by atoms with Crippen molar-refractivity contribution in [1.29, 1.82) is 0 Å². The Morgan fingerprint density at radius 2 is 1.69 bits per heavy atom. The van der Waals surface area contributed by atoms with Crippen molar-refractivity contribution in [2.75, 3.05) is 5.32 Å². The first-order valence-electron chi connectivity index (χ1n) is 9.78. The Kier molecular flexibility index (Phi) is 4.08. The summed E-state index contributed by atoms with van der Waals surface area (Å²) >= 11 is 0. The lowest BCUT2D eigenvalue weighted by atomic mass is 9.78. The van der Waals surface area contributed by atoms with Crippen LogP contribution in [0.25, 0.3) is 0 Å². The van der Waals surface area contributed by atoms with Gasteiger partial charge in [-0.05, 0) is 49.4 Å². The second-order valence-corrected chi connectivity index (χ2v) is 7.84. The van der Waals surface area contributed by atoms with Crippen LogP contribution in [0, 0.1) is 19.7 Å². The summed E-state index contributed by atoms with van der Waals surface area (Å²) in [5, 5.41) is 7.85. The number of Topliss-reactive ketones (excluding diaryl/α,β-unsaturated/α-hetero) is 1. The highest BCUT2D eigenvalue weighted by Gasteiger charge is 2.39. The minimum absolute atomic E-state index is 0.0949. The number of aromatic nitrogens is 3. The number of hydrogen-bond acceptors (Lipinski definition) is 4. The molecule has 6 heteroatoms. The number of nitrogens with zero attached hydrogens (tertiary/aromatic N) is 3. The van der Waals surface area contributed by atoms with Crippen molar-refractivity contribution in [2.45, 2.75) is 38.6 Å². The van der Waals surface area contributed by atoms with Crippen LogP contribution in [0.1, 0.15) is 47.3 Å². The van der Waals surface area contributed by atoms with Crippen molar-refractivity contribution < 1.29 is 9.18 Å². The normalized spacial score (nSPS) is 20.9. The van der Waals surface area contributed by atoms with Crippen LogP contribution < -0.4 is 5.32 Å². The number of hydrogen-bond donors (Lipinski definition) is 1. The molecule has 5 rings (SSSR count). The molecular formula is C23H21FN4O. The van der Waals surface area contributed by atoms with E-state index in [4.69, 9.17) is 0 Å². The highest BCUT2D eigenvalue weighted by atomic mass is 19.1. The summed E-state index contributed by atoms with van der Waals surface area (Å²) < 4.78 is 15.2. The highest BCUT2D eigenvalue weighted by Crippen LogP contribution is 2.43. The second-order valence-electron chi connectivity index (χ2n) is 7.84. The summed E-state index contributed by atoms with van der Waals surface area (Å²) in [6, 6.07) is 14.3. The van der Waals surface area contributed by atoms with Gasteiger partial charge < -0.3 is 5.32 Å². The third kappa shape index (κ3) is 3.05. The van der Waals surface area contributed by atoms with Crippen LogP contribution in [0.5, 0.6) is 0 Å². The fraction of sp³-hybridized carbons (Fsp3) is 0.261. The minimum Gasteiger partial charge on any atom is -0.328 e. The molecule has 146 valence electrons. The molecule has 1 aliphatic heterocycles. The summed E-state index contributed by atoms with van der Waals surface area (Å²) in [5.41, 5.74) is 4.79. The number of ketones is 1. The quantitative estimate of drug-likeness (QED) is 0.705. The van der Waals surface area contributed by atoms with E-state index in [2.05, 4.69) is 46.6 Å². The third-order valence-corrected chi connectivity index (χ3v) is 5.76. The number of aryl methyl sites for hydroxylation is 2. The van der Waals surface area contributed by atoms with Crippen LogP contribution in [0.15, 0.2) is 59.8 Å². The molecule has 3 aromatic rings. The summed E-state index contributed by atoms with van der Waals surface area (Å²) in [4.78, 5) is 17.8. The van der Waals surface area contributed by atoms with Gasteiger partial charge in [-0.1, -0.05) is 42.0 Å². The minimum atomic E-state index is -0.394. The molecule has 0 saturated heterocycles. The first-order valence-corrected chi connectivity index (χ1v) is 9.78. The van der Waals surface area contributed by atoms with E-state index in [1.54, 1.807) is 16.8 Å². The molecule has 2 aliphatic rings. The van der Waals surface area contributed by atoms with Crippen LogP contribution in [-0.4, -0.2) is 20.5 Å². The molecule has 0 radical (unpaired) electrons. The van der Waals surface area contributed by atoms with E-state index in [0.717, 1.165) is 17.7 Å². The largest absolute Gasteiger partial charge is 0.328 e. The number of fused-ring (bicyclic) bond motifs is 1. The average Bonchev–Trinajstić information content (AvgIpc) is 3.07. The van der Waals surface area contributed by atoms with Crippen molar-refractivity contribution in [3.63, 3.8) is 0 Å². The fourth-order valence-electron chi connectivity index (χ4n) is 4.35. The zero-order valence-corrected chi connectivity index (χ0v) is 16.3. The smallest absolute Gasteiger partial charge is 0.226 e. The maximum Gasteiger partial charge on any atom is 0.226 e. The van der Waals surface area contributed by atoms with Gasteiger partial charge in [-0.25, -0.2) is 9.07 Å². The summed E-state index contributed by atoms with van der Waals surface area (Å²) in [6.45, 7) is 3.88. The third-order valence-electron chi connectivity index (χ3n) is 5.76. The lowest BCUT2D eigenvalue weighted by Gasteiger charge is -2.35. The Morgan fingerprint density at radius 3 is 2.41 bits per heavy atom. The molecule has 1 N–H and O–H groups in total. The van der Waals surface area contributed by atoms with Gasteiger partial charge in [0.05, 0.1) is 0 Å². The van der Waals surface area contributed by atoms with Gasteiger partial charge in [-0.3, -0.25) is 4.79 Å². The first-order chi connectivity index (χ1) is 14.0. The Bertz CT molecular complexity index is 1130. The predicted octanol–water partition coefficient (Wildman–Crippen LogP) is 4.45. The van der Waals surface area contributed by atoms with Crippen molar-refractivity contribution in [2.24, 2.45) is 0 Å². The van der Waals surface area contributed by atoms with Crippen LogP contribution in [0.4, 0.5) is 10.3 Å². The summed E-state index contributed by atoms with van der Waals surface area (Å²) in [7, 11) is 0. The lowest BCUT2D eigenvalue weighted by molar-refractivity contribution is -0.116. The van der Waals surface area contributed by atoms with Crippen molar-refractivity contribution in [1.82, 2.24) is 14.8 Å². The van der Waals surface area contributed by atoms with Gasteiger partial charge in [0.2, 0.25) is 5.95 Å². The molecule has 0 bridgehead atoms. The van der Waals surface area contributed by atoms with E-state index in [-0.39, 0.29) is 17.5 Å². The number of allylic oxidation sites excluding steroid dienone is 2. The van der Waals surface area contributed by atoms with E-state index in [0.29, 0.717) is 23.8 Å². The first kappa shape index (κ1) is 17.8. The van der Waals surface area contributed by atoms with Crippen molar-refractivity contribution in [3.8, 4) is 0 Å². The average molecular weight is 388 g/mol. The van der Waals surface area contributed by atoms with Gasteiger partial charge >= 0.3 is 0 Å². The second kappa shape index (κ2) is 6.65. The van der Waals surface area contributed by atoms with Crippen LogP contribution in [-0.2, 0) is 4.79 Å². The molecule has 2 aromatic carbocycles. The van der Waals surface area contributed by atoms with Crippen molar-refractivity contribution in [3.05, 3.63) is 88.1 Å². The monoisotopic (exact) mass is 388 g/mol. The number of carbonyl (C=O) groups is 1. The van der Waals surface area contributed by atoms with E-state index in [1.165, 1.54) is 23.3 Å². The number of nitrogens with one attached hydrogen (secondary N) is 1. The van der Waals surface area contributed by atoms with E-state index in [9.17, 15) is 9.18 Å². The number of carbonyl (C=O) groups excluding carboxylic acids is 1. The molecular weight excluding hydrogens is 367 g/mol. The van der Waals surface area contributed by atoms with E-state index in [1.807, 2.05) is 6.92 Å². The molecule has 5 nitrogen and oxygen atoms in total. The molecule has 0 fully saturated rings. The molecule has 2 atom stereocenters. The van der Waals surface area contributed by atoms with Gasteiger partial charge in [-0.15, -0.1) is 0 Å².